The van der Waals surface area contributed by atoms with E-state index in [0.717, 1.165) is 73.4 Å². The maximum absolute atomic E-state index is 2.52. The van der Waals surface area contributed by atoms with Crippen LogP contribution in [-0.2, 0) is 10.8 Å². The van der Waals surface area contributed by atoms with Crippen LogP contribution in [0.1, 0.15) is 44.5 Å². The summed E-state index contributed by atoms with van der Waals surface area (Å²) in [7, 11) is 0. The molecule has 0 heterocycles. The highest BCUT2D eigenvalue weighted by molar-refractivity contribution is 6.06. The van der Waals surface area contributed by atoms with Gasteiger partial charge in [0.15, 0.2) is 0 Å². The molecule has 0 unspecified atom stereocenters. The molecule has 0 radical (unpaired) electrons. The summed E-state index contributed by atoms with van der Waals surface area (Å²) in [6.07, 6.45) is 0. The van der Waals surface area contributed by atoms with Crippen LogP contribution >= 0.6 is 0 Å². The van der Waals surface area contributed by atoms with E-state index in [-0.39, 0.29) is 0 Å². The van der Waals surface area contributed by atoms with Gasteiger partial charge < -0.3 is 14.7 Å². The average Bonchev–Trinajstić information content (AvgIpc) is 1.54. The van der Waals surface area contributed by atoms with Gasteiger partial charge in [-0.15, -0.1) is 0 Å². The first-order valence-corrected chi connectivity index (χ1v) is 34.2. The first-order chi connectivity index (χ1) is 49.1. The number of hydrogen-bond acceptors (Lipinski definition) is 3. The molecule has 16 aromatic carbocycles. The van der Waals surface area contributed by atoms with Crippen LogP contribution in [-0.4, -0.2) is 0 Å². The molecule has 0 saturated carbocycles. The molecule has 0 amide bonds. The monoisotopic (exact) mass is 1260 g/mol. The molecule has 0 saturated heterocycles. The molecule has 0 bridgehead atoms. The summed E-state index contributed by atoms with van der Waals surface area (Å²) in [6, 6.07) is 150. The molecule has 18 rings (SSSR count). The minimum atomic E-state index is -0.687. The van der Waals surface area contributed by atoms with Gasteiger partial charge in [-0.3, -0.25) is 0 Å². The zero-order chi connectivity index (χ0) is 65.7. The zero-order valence-electron chi connectivity index (χ0n) is 54.5. The maximum Gasteiger partial charge on any atom is 0.0714 e. The molecular formula is C96H67N3. The molecular weight excluding hydrogens is 1200 g/mol. The third-order valence-electron chi connectivity index (χ3n) is 20.5. The fourth-order valence-corrected chi connectivity index (χ4v) is 16.4. The second kappa shape index (κ2) is 24.7. The lowest BCUT2D eigenvalue weighted by atomic mass is 9.67. The quantitative estimate of drug-likeness (QED) is 0.101. The molecule has 0 aliphatic heterocycles. The van der Waals surface area contributed by atoms with Crippen molar-refractivity contribution in [3.05, 3.63) is 451 Å². The average molecular weight is 1260 g/mol. The van der Waals surface area contributed by atoms with Crippen molar-refractivity contribution < 1.29 is 0 Å². The summed E-state index contributed by atoms with van der Waals surface area (Å²) < 4.78 is 0. The fraction of sp³-hybridized carbons (Fsp3) is 0.0208. The fourth-order valence-electron chi connectivity index (χ4n) is 16.4. The maximum atomic E-state index is 2.52. The van der Waals surface area contributed by atoms with E-state index in [2.05, 4.69) is 421 Å². The summed E-state index contributed by atoms with van der Waals surface area (Å²) in [5, 5.41) is 2.45. The number of rotatable bonds is 15. The van der Waals surface area contributed by atoms with Gasteiger partial charge in [0.2, 0.25) is 0 Å². The SMILES string of the molecule is c1ccc(-c2cc(N(c3ccccc3)c3cccc(N(c4cccc(N(c5ccccc5)c5ccccc5-c5ccccc5)c4)c4ccc5c(c4)C(c4ccccc4)(c4ccccc4)c4ccc6ccccc6c4-5)c3)c3c(c2)C(c2ccccc2)(c2ccccc2)c2ccccc2-3)cc1. The lowest BCUT2D eigenvalue weighted by Gasteiger charge is -2.36. The number of para-hydroxylation sites is 3. The zero-order valence-corrected chi connectivity index (χ0v) is 54.5. The van der Waals surface area contributed by atoms with E-state index in [4.69, 9.17) is 0 Å². The molecule has 0 aromatic heterocycles. The van der Waals surface area contributed by atoms with Crippen molar-refractivity contribution in [3.8, 4) is 44.5 Å². The number of fused-ring (bicyclic) bond motifs is 8. The van der Waals surface area contributed by atoms with Crippen LogP contribution in [0.2, 0.25) is 0 Å². The summed E-state index contributed by atoms with van der Waals surface area (Å²) >= 11 is 0. The minimum absolute atomic E-state index is 0.663. The van der Waals surface area contributed by atoms with Gasteiger partial charge in [-0.1, -0.05) is 315 Å². The Morgan fingerprint density at radius 3 is 1.14 bits per heavy atom. The predicted octanol–water partition coefficient (Wildman–Crippen LogP) is 25.3. The summed E-state index contributed by atoms with van der Waals surface area (Å²) in [5.41, 5.74) is 27.2. The van der Waals surface area contributed by atoms with E-state index in [1.54, 1.807) is 0 Å². The van der Waals surface area contributed by atoms with Gasteiger partial charge in [0.05, 0.1) is 22.2 Å². The van der Waals surface area contributed by atoms with Crippen LogP contribution in [0.5, 0.6) is 0 Å². The molecule has 0 spiro atoms. The second-order valence-electron chi connectivity index (χ2n) is 25.8. The van der Waals surface area contributed by atoms with Gasteiger partial charge in [0.1, 0.15) is 0 Å². The van der Waals surface area contributed by atoms with Gasteiger partial charge in [-0.05, 0) is 180 Å². The third kappa shape index (κ3) is 9.72. The Kier molecular flexibility index (Phi) is 14.7. The number of benzene rings is 16. The van der Waals surface area contributed by atoms with E-state index in [9.17, 15) is 0 Å². The largest absolute Gasteiger partial charge is 0.310 e. The molecule has 466 valence electrons. The van der Waals surface area contributed by atoms with Crippen molar-refractivity contribution >= 4 is 62.0 Å². The molecule has 0 N–H and O–H groups in total. The first kappa shape index (κ1) is 58.7. The highest BCUT2D eigenvalue weighted by atomic mass is 15.2. The summed E-state index contributed by atoms with van der Waals surface area (Å²) in [6.45, 7) is 0. The van der Waals surface area contributed by atoms with Crippen LogP contribution in [0.3, 0.4) is 0 Å². The molecule has 16 aromatic rings. The normalized spacial score (nSPS) is 12.8. The Labute approximate surface area is 579 Å². The van der Waals surface area contributed by atoms with E-state index < -0.39 is 10.8 Å². The van der Waals surface area contributed by atoms with E-state index in [1.807, 2.05) is 0 Å². The lowest BCUT2D eigenvalue weighted by molar-refractivity contribution is 0.769. The smallest absolute Gasteiger partial charge is 0.0714 e. The highest BCUT2D eigenvalue weighted by Gasteiger charge is 2.49. The molecule has 2 aliphatic carbocycles. The molecule has 0 fully saturated rings. The number of nitrogens with zero attached hydrogens (tertiary/aromatic N) is 3. The first-order valence-electron chi connectivity index (χ1n) is 34.2. The molecule has 3 heteroatoms. The van der Waals surface area contributed by atoms with Gasteiger partial charge in [-0.2, -0.15) is 0 Å². The van der Waals surface area contributed by atoms with Gasteiger partial charge in [-0.25, -0.2) is 0 Å². The Hall–Kier alpha value is -12.8. The minimum Gasteiger partial charge on any atom is -0.310 e. The van der Waals surface area contributed by atoms with Crippen molar-refractivity contribution in [1.29, 1.82) is 0 Å². The summed E-state index contributed by atoms with van der Waals surface area (Å²) in [5.74, 6) is 0. The van der Waals surface area contributed by atoms with Crippen LogP contribution in [0, 0.1) is 0 Å². The van der Waals surface area contributed by atoms with Crippen molar-refractivity contribution in [2.45, 2.75) is 10.8 Å². The van der Waals surface area contributed by atoms with Crippen LogP contribution in [0.25, 0.3) is 55.3 Å². The predicted molar refractivity (Wildman–Crippen MR) is 413 cm³/mol. The van der Waals surface area contributed by atoms with Gasteiger partial charge in [0.25, 0.3) is 0 Å². The second-order valence-corrected chi connectivity index (χ2v) is 25.8. The highest BCUT2D eigenvalue weighted by Crippen LogP contribution is 2.62. The molecule has 99 heavy (non-hydrogen) atoms. The lowest BCUT2D eigenvalue weighted by Crippen LogP contribution is -2.28. The van der Waals surface area contributed by atoms with Gasteiger partial charge >= 0.3 is 0 Å². The van der Waals surface area contributed by atoms with Crippen LogP contribution in [0.15, 0.2) is 406 Å². The molecule has 3 nitrogen and oxygen atoms in total. The van der Waals surface area contributed by atoms with Crippen molar-refractivity contribution in [1.82, 2.24) is 0 Å². The van der Waals surface area contributed by atoms with Crippen LogP contribution < -0.4 is 14.7 Å². The number of anilines is 9. The number of hydrogen-bond donors (Lipinski definition) is 0. The van der Waals surface area contributed by atoms with Gasteiger partial charge in [0, 0.05) is 50.9 Å². The Morgan fingerprint density at radius 2 is 0.586 bits per heavy atom. The van der Waals surface area contributed by atoms with E-state index >= 15 is 0 Å². The standard InChI is InChI=1S/C96H67N3/c1-9-33-68(34-10-1)71-63-90-94(85-56-27-29-57-87(85)95(90,72-38-13-3-14-39-72)73-40-15-4-16-41-73)92(64-71)99(77-48-23-8-24-49-77)81-53-32-51-79(66-81)97(78-50-31-52-80(65-78)98(76-46-21-7-22-47-76)91-58-30-28-54-83(91)69-35-11-2-12-36-69)82-60-61-86-89(67-82)96(74-42-17-5-18-43-74,75-44-19-6-20-45-75)88-62-59-70-37-25-26-55-84(70)93(86)88/h1-67H. The van der Waals surface area contributed by atoms with E-state index in [1.165, 1.54) is 77.5 Å². The Morgan fingerprint density at radius 1 is 0.182 bits per heavy atom. The van der Waals surface area contributed by atoms with Crippen molar-refractivity contribution in [2.75, 3.05) is 14.7 Å². The van der Waals surface area contributed by atoms with Crippen molar-refractivity contribution in [2.24, 2.45) is 0 Å². The van der Waals surface area contributed by atoms with Crippen LogP contribution in [0.4, 0.5) is 51.2 Å². The van der Waals surface area contributed by atoms with E-state index in [0.29, 0.717) is 0 Å². The Bertz CT molecular complexity index is 5530. The van der Waals surface area contributed by atoms with Crippen molar-refractivity contribution in [3.63, 3.8) is 0 Å². The summed E-state index contributed by atoms with van der Waals surface area (Å²) in [4.78, 5) is 7.44. The molecule has 2 aliphatic rings. The Balaban J connectivity index is 0.911. The topological polar surface area (TPSA) is 9.72 Å². The molecule has 0 atom stereocenters. The third-order valence-corrected chi connectivity index (χ3v) is 20.5.